The Labute approximate surface area is 160 Å². The van der Waals surface area contributed by atoms with Crippen molar-refractivity contribution in [2.75, 3.05) is 6.61 Å². The van der Waals surface area contributed by atoms with Crippen LogP contribution in [0.25, 0.3) is 0 Å². The highest BCUT2D eigenvalue weighted by atomic mass is 35.5. The summed E-state index contributed by atoms with van der Waals surface area (Å²) in [5.41, 5.74) is -0.192. The van der Waals surface area contributed by atoms with Gasteiger partial charge in [-0.2, -0.15) is 0 Å². The third-order valence-electron chi connectivity index (χ3n) is 4.05. The van der Waals surface area contributed by atoms with Gasteiger partial charge in [0, 0.05) is 15.6 Å². The second kappa shape index (κ2) is 8.56. The number of carbonyl (C=O) groups excluding carboxylic acids is 2. The molecule has 0 bridgehead atoms. The molecule has 1 N–H and O–H groups in total. The molecule has 0 aromatic heterocycles. The monoisotopic (exact) mass is 400 g/mol. The van der Waals surface area contributed by atoms with Crippen LogP contribution in [0.5, 0.6) is 0 Å². The molecule has 1 saturated carbocycles. The molecular weight excluding hydrogens is 383 g/mol. The second-order valence-electron chi connectivity index (χ2n) is 6.04. The molecular formula is C18H18Cl2O6. The van der Waals surface area contributed by atoms with E-state index in [1.165, 1.54) is 0 Å². The molecule has 0 aliphatic heterocycles. The van der Waals surface area contributed by atoms with E-state index in [9.17, 15) is 14.4 Å². The number of hydrogen-bond donors (Lipinski definition) is 1. The van der Waals surface area contributed by atoms with Gasteiger partial charge in [-0.3, -0.25) is 9.59 Å². The Morgan fingerprint density at radius 1 is 1.15 bits per heavy atom. The zero-order valence-electron chi connectivity index (χ0n) is 13.9. The van der Waals surface area contributed by atoms with Gasteiger partial charge in [0.1, 0.15) is 12.2 Å². The number of carboxylic acid groups (broad SMARTS) is 1. The van der Waals surface area contributed by atoms with Crippen molar-refractivity contribution in [2.24, 2.45) is 0 Å². The molecule has 140 valence electrons. The van der Waals surface area contributed by atoms with Crippen molar-refractivity contribution < 1.29 is 29.0 Å². The first-order valence-electron chi connectivity index (χ1n) is 7.97. The number of ether oxygens (including phenoxy) is 2. The molecule has 0 heterocycles. The van der Waals surface area contributed by atoms with Crippen molar-refractivity contribution in [1.29, 1.82) is 0 Å². The Balaban J connectivity index is 1.96. The minimum absolute atomic E-state index is 0.0982. The zero-order chi connectivity index (χ0) is 19.3. The van der Waals surface area contributed by atoms with Crippen molar-refractivity contribution in [3.63, 3.8) is 0 Å². The number of benzene rings is 1. The molecule has 0 amide bonds. The van der Waals surface area contributed by atoms with E-state index in [4.69, 9.17) is 37.8 Å². The molecule has 1 aliphatic carbocycles. The summed E-state index contributed by atoms with van der Waals surface area (Å²) in [6, 6.07) is 5.00. The maximum atomic E-state index is 12.2. The minimum atomic E-state index is -1.09. The van der Waals surface area contributed by atoms with E-state index < -0.39 is 23.5 Å². The van der Waals surface area contributed by atoms with E-state index in [0.717, 1.165) is 6.42 Å². The predicted octanol–water partition coefficient (Wildman–Crippen LogP) is 3.88. The van der Waals surface area contributed by atoms with Crippen molar-refractivity contribution in [1.82, 2.24) is 0 Å². The van der Waals surface area contributed by atoms with Crippen LogP contribution in [0.1, 0.15) is 37.7 Å². The van der Waals surface area contributed by atoms with Crippen molar-refractivity contribution in [3.05, 3.63) is 46.0 Å². The lowest BCUT2D eigenvalue weighted by molar-refractivity contribution is -0.171. The fourth-order valence-electron chi connectivity index (χ4n) is 2.60. The Morgan fingerprint density at radius 3 is 2.27 bits per heavy atom. The average molecular weight is 401 g/mol. The van der Waals surface area contributed by atoms with Crippen LogP contribution in [0.3, 0.4) is 0 Å². The fraction of sp³-hybridized carbons (Fsp3) is 0.389. The van der Waals surface area contributed by atoms with Crippen molar-refractivity contribution in [3.8, 4) is 0 Å². The van der Waals surface area contributed by atoms with Gasteiger partial charge in [-0.1, -0.05) is 29.8 Å². The number of aliphatic carboxylic acids is 1. The SMILES string of the molecule is C=C(CC(=O)OC1(c2cc(Cl)cc(Cl)c2)CCC1)C(=O)OCCC(=O)O. The first-order chi connectivity index (χ1) is 12.2. The molecule has 1 aromatic carbocycles. The number of rotatable bonds is 8. The number of carboxylic acids is 1. The molecule has 0 radical (unpaired) electrons. The van der Waals surface area contributed by atoms with Gasteiger partial charge in [0.15, 0.2) is 0 Å². The van der Waals surface area contributed by atoms with E-state index in [-0.39, 0.29) is 25.0 Å². The van der Waals surface area contributed by atoms with Crippen LogP contribution in [0, 0.1) is 0 Å². The molecule has 6 nitrogen and oxygen atoms in total. The van der Waals surface area contributed by atoms with E-state index in [1.807, 2.05) is 0 Å². The van der Waals surface area contributed by atoms with E-state index in [0.29, 0.717) is 28.5 Å². The summed E-state index contributed by atoms with van der Waals surface area (Å²) in [4.78, 5) is 34.4. The van der Waals surface area contributed by atoms with Gasteiger partial charge in [-0.15, -0.1) is 0 Å². The lowest BCUT2D eigenvalue weighted by atomic mass is 9.75. The first kappa shape index (κ1) is 20.3. The first-order valence-corrected chi connectivity index (χ1v) is 8.72. The molecule has 1 aromatic rings. The molecule has 26 heavy (non-hydrogen) atoms. The molecule has 1 aliphatic rings. The smallest absolute Gasteiger partial charge is 0.334 e. The molecule has 0 spiro atoms. The minimum Gasteiger partial charge on any atom is -0.481 e. The van der Waals surface area contributed by atoms with E-state index in [1.54, 1.807) is 18.2 Å². The third-order valence-corrected chi connectivity index (χ3v) is 4.49. The quantitative estimate of drug-likeness (QED) is 0.525. The highest BCUT2D eigenvalue weighted by molar-refractivity contribution is 6.34. The topological polar surface area (TPSA) is 89.9 Å². The van der Waals surface area contributed by atoms with Gasteiger partial charge in [0.05, 0.1) is 12.8 Å². The molecule has 8 heteroatoms. The van der Waals surface area contributed by atoms with Crippen LogP contribution in [-0.2, 0) is 29.5 Å². The molecule has 0 saturated heterocycles. The number of esters is 2. The van der Waals surface area contributed by atoms with Gasteiger partial charge < -0.3 is 14.6 Å². The van der Waals surface area contributed by atoms with Crippen LogP contribution < -0.4 is 0 Å². The van der Waals surface area contributed by atoms with Crippen LogP contribution in [-0.4, -0.2) is 29.6 Å². The van der Waals surface area contributed by atoms with Crippen LogP contribution in [0.4, 0.5) is 0 Å². The predicted molar refractivity (Wildman–Crippen MR) is 95.1 cm³/mol. The van der Waals surface area contributed by atoms with Crippen LogP contribution in [0.15, 0.2) is 30.4 Å². The van der Waals surface area contributed by atoms with Gasteiger partial charge in [0.25, 0.3) is 0 Å². The Bertz CT molecular complexity index is 719. The van der Waals surface area contributed by atoms with Crippen molar-refractivity contribution >= 4 is 41.1 Å². The number of halogens is 2. The molecule has 0 unspecified atom stereocenters. The maximum absolute atomic E-state index is 12.2. The summed E-state index contributed by atoms with van der Waals surface area (Å²) in [7, 11) is 0. The number of carbonyl (C=O) groups is 3. The largest absolute Gasteiger partial charge is 0.481 e. The second-order valence-corrected chi connectivity index (χ2v) is 6.91. The fourth-order valence-corrected chi connectivity index (χ4v) is 3.12. The van der Waals surface area contributed by atoms with Gasteiger partial charge in [-0.25, -0.2) is 4.79 Å². The van der Waals surface area contributed by atoms with Gasteiger partial charge in [-0.05, 0) is 43.0 Å². The number of hydrogen-bond acceptors (Lipinski definition) is 5. The van der Waals surface area contributed by atoms with Crippen molar-refractivity contribution in [2.45, 2.75) is 37.7 Å². The van der Waals surface area contributed by atoms with Crippen LogP contribution >= 0.6 is 23.2 Å². The Hall–Kier alpha value is -2.05. The maximum Gasteiger partial charge on any atom is 0.334 e. The summed E-state index contributed by atoms with van der Waals surface area (Å²) in [6.45, 7) is 3.22. The summed E-state index contributed by atoms with van der Waals surface area (Å²) in [5, 5.41) is 9.40. The molecule has 2 rings (SSSR count). The lowest BCUT2D eigenvalue weighted by Crippen LogP contribution is -2.39. The molecule has 1 fully saturated rings. The lowest BCUT2D eigenvalue weighted by Gasteiger charge is -2.41. The van der Waals surface area contributed by atoms with E-state index >= 15 is 0 Å². The van der Waals surface area contributed by atoms with Gasteiger partial charge >= 0.3 is 17.9 Å². The Morgan fingerprint density at radius 2 is 1.77 bits per heavy atom. The highest BCUT2D eigenvalue weighted by Crippen LogP contribution is 2.46. The highest BCUT2D eigenvalue weighted by Gasteiger charge is 2.43. The van der Waals surface area contributed by atoms with Gasteiger partial charge in [0.2, 0.25) is 0 Å². The molecule has 0 atom stereocenters. The summed E-state index contributed by atoms with van der Waals surface area (Å²) in [5.74, 6) is -2.53. The normalized spacial score (nSPS) is 14.8. The zero-order valence-corrected chi connectivity index (χ0v) is 15.4. The average Bonchev–Trinajstić information content (AvgIpc) is 2.49. The summed E-state index contributed by atoms with van der Waals surface area (Å²) in [6.07, 6.45) is 1.48. The third kappa shape index (κ3) is 5.22. The standard InChI is InChI=1S/C18H18Cl2O6/c1-11(17(24)25-6-3-15(21)22)7-16(23)26-18(4-2-5-18)12-8-13(19)10-14(20)9-12/h8-10H,1-7H2,(H,21,22). The van der Waals surface area contributed by atoms with E-state index in [2.05, 4.69) is 6.58 Å². The summed E-state index contributed by atoms with van der Waals surface area (Å²) < 4.78 is 10.4. The summed E-state index contributed by atoms with van der Waals surface area (Å²) >= 11 is 12.1. The Kier molecular flexibility index (Phi) is 6.67. The van der Waals surface area contributed by atoms with Crippen LogP contribution in [0.2, 0.25) is 10.0 Å².